The summed E-state index contributed by atoms with van der Waals surface area (Å²) in [6.07, 6.45) is 1.93. The first kappa shape index (κ1) is 17.1. The van der Waals surface area contributed by atoms with Gasteiger partial charge in [-0.15, -0.1) is 11.3 Å². The molecule has 3 aliphatic rings. The summed E-state index contributed by atoms with van der Waals surface area (Å²) in [6.45, 7) is 1.01. The number of ether oxygens (including phenoxy) is 3. The van der Waals surface area contributed by atoms with Gasteiger partial charge in [-0.25, -0.2) is 4.98 Å². The zero-order valence-corrected chi connectivity index (χ0v) is 16.8. The molecule has 3 aliphatic heterocycles. The second-order valence-corrected chi connectivity index (χ2v) is 9.05. The molecule has 0 fully saturated rings. The Labute approximate surface area is 175 Å². The number of carbonyl (C=O) groups is 1. The Morgan fingerprint density at radius 3 is 2.76 bits per heavy atom. The number of fused-ring (bicyclic) bond motifs is 5. The molecule has 6 nitrogen and oxygen atoms in total. The second kappa shape index (κ2) is 6.11. The van der Waals surface area contributed by atoms with Gasteiger partial charge in [-0.05, 0) is 17.7 Å². The third-order valence-electron chi connectivity index (χ3n) is 5.75. The van der Waals surface area contributed by atoms with E-state index in [1.54, 1.807) is 11.1 Å². The van der Waals surface area contributed by atoms with Crippen molar-refractivity contribution in [3.05, 3.63) is 63.1 Å². The summed E-state index contributed by atoms with van der Waals surface area (Å²) in [4.78, 5) is 19.4. The van der Waals surface area contributed by atoms with Crippen LogP contribution in [0, 0.1) is 0 Å². The number of halogens is 1. The first-order valence-electron chi connectivity index (χ1n) is 9.21. The topological polar surface area (TPSA) is 60.9 Å². The molecule has 0 radical (unpaired) electrons. The minimum atomic E-state index is -0.541. The van der Waals surface area contributed by atoms with Gasteiger partial charge in [0.2, 0.25) is 12.7 Å². The van der Waals surface area contributed by atoms with E-state index in [4.69, 9.17) is 25.8 Å². The van der Waals surface area contributed by atoms with Crippen LogP contribution in [0.15, 0.2) is 42.6 Å². The third kappa shape index (κ3) is 2.47. The van der Waals surface area contributed by atoms with Crippen LogP contribution in [0.4, 0.5) is 5.69 Å². The van der Waals surface area contributed by atoms with E-state index >= 15 is 0 Å². The monoisotopic (exact) mass is 426 g/mol. The number of carbonyl (C=O) groups excluding carboxylic acids is 1. The highest BCUT2D eigenvalue weighted by molar-refractivity contribution is 7.15. The maximum Gasteiger partial charge on any atom is 0.231 e. The average molecular weight is 427 g/mol. The van der Waals surface area contributed by atoms with E-state index in [0.29, 0.717) is 35.4 Å². The van der Waals surface area contributed by atoms with E-state index in [1.165, 1.54) is 11.3 Å². The van der Waals surface area contributed by atoms with Crippen molar-refractivity contribution in [2.75, 3.05) is 18.3 Å². The maximum atomic E-state index is 13.3. The van der Waals surface area contributed by atoms with Gasteiger partial charge in [0.1, 0.15) is 21.7 Å². The van der Waals surface area contributed by atoms with Crippen molar-refractivity contribution in [1.82, 2.24) is 4.98 Å². The summed E-state index contributed by atoms with van der Waals surface area (Å²) in [5.41, 5.74) is 2.38. The van der Waals surface area contributed by atoms with Gasteiger partial charge < -0.3 is 19.1 Å². The molecule has 1 spiro atoms. The second-order valence-electron chi connectivity index (χ2n) is 7.30. The number of thiazole rings is 1. The average Bonchev–Trinajstić information content (AvgIpc) is 3.43. The molecule has 0 N–H and O–H groups in total. The molecule has 1 amide bonds. The van der Waals surface area contributed by atoms with Gasteiger partial charge in [0.25, 0.3) is 0 Å². The minimum absolute atomic E-state index is 0.0316. The minimum Gasteiger partial charge on any atom is -0.492 e. The number of rotatable bonds is 2. The van der Waals surface area contributed by atoms with Crippen LogP contribution in [-0.2, 0) is 16.8 Å². The first-order valence-corrected chi connectivity index (χ1v) is 10.4. The Morgan fingerprint density at radius 1 is 1.10 bits per heavy atom. The number of hydrogen-bond donors (Lipinski definition) is 0. The summed E-state index contributed by atoms with van der Waals surface area (Å²) in [5.74, 6) is 2.15. The van der Waals surface area contributed by atoms with Crippen LogP contribution in [0.1, 0.15) is 22.6 Å². The van der Waals surface area contributed by atoms with Crippen LogP contribution in [0.5, 0.6) is 17.2 Å². The van der Waals surface area contributed by atoms with E-state index in [1.807, 2.05) is 30.3 Å². The summed E-state index contributed by atoms with van der Waals surface area (Å²) < 4.78 is 17.7. The van der Waals surface area contributed by atoms with E-state index in [2.05, 4.69) is 11.1 Å². The number of hydrogen-bond acceptors (Lipinski definition) is 6. The first-order chi connectivity index (χ1) is 14.1. The van der Waals surface area contributed by atoms with Crippen LogP contribution in [0.2, 0.25) is 4.34 Å². The molecule has 29 heavy (non-hydrogen) atoms. The van der Waals surface area contributed by atoms with Gasteiger partial charge >= 0.3 is 0 Å². The summed E-state index contributed by atoms with van der Waals surface area (Å²) in [6, 6.07) is 11.8. The lowest BCUT2D eigenvalue weighted by atomic mass is 9.70. The fraction of sp³-hybridized carbons (Fsp3) is 0.238. The predicted octanol–water partition coefficient (Wildman–Crippen LogP) is 4.14. The Morgan fingerprint density at radius 2 is 1.93 bits per heavy atom. The standard InChI is InChI=1S/C21H15ClN2O4S/c22-18-8-23-19(29-18)9-24-14-4-2-1-3-12(14)21(7-20(24)25)10-26-15-6-17-16(5-13(15)21)27-11-28-17/h1-6,8H,7,9-11H2. The molecule has 0 bridgehead atoms. The van der Waals surface area contributed by atoms with Gasteiger partial charge in [-0.3, -0.25) is 4.79 Å². The molecule has 1 unspecified atom stereocenters. The van der Waals surface area contributed by atoms with Crippen LogP contribution in [0.25, 0.3) is 0 Å². The highest BCUT2D eigenvalue weighted by Crippen LogP contribution is 2.54. The van der Waals surface area contributed by atoms with Crippen molar-refractivity contribution in [1.29, 1.82) is 0 Å². The Hall–Kier alpha value is -2.77. The molecule has 1 aromatic heterocycles. The number of aromatic nitrogens is 1. The Kier molecular flexibility index (Phi) is 3.61. The van der Waals surface area contributed by atoms with E-state index < -0.39 is 5.41 Å². The quantitative estimate of drug-likeness (QED) is 0.616. The Bertz CT molecular complexity index is 1160. The highest BCUT2D eigenvalue weighted by atomic mass is 35.5. The molecular formula is C21H15ClN2O4S. The van der Waals surface area contributed by atoms with E-state index in [-0.39, 0.29) is 12.7 Å². The molecule has 2 aromatic carbocycles. The molecular weight excluding hydrogens is 412 g/mol. The van der Waals surface area contributed by atoms with Crippen molar-refractivity contribution in [3.63, 3.8) is 0 Å². The van der Waals surface area contributed by atoms with Gasteiger partial charge in [0, 0.05) is 23.7 Å². The maximum absolute atomic E-state index is 13.3. The van der Waals surface area contributed by atoms with Crippen molar-refractivity contribution in [3.8, 4) is 17.2 Å². The third-order valence-corrected chi connectivity index (χ3v) is 6.85. The van der Waals surface area contributed by atoms with Gasteiger partial charge in [0.15, 0.2) is 11.5 Å². The largest absolute Gasteiger partial charge is 0.492 e. The van der Waals surface area contributed by atoms with Crippen LogP contribution in [0.3, 0.4) is 0 Å². The Balaban J connectivity index is 1.48. The van der Waals surface area contributed by atoms with Crippen LogP contribution in [-0.4, -0.2) is 24.3 Å². The molecule has 8 heteroatoms. The van der Waals surface area contributed by atoms with Crippen LogP contribution < -0.4 is 19.1 Å². The van der Waals surface area contributed by atoms with E-state index in [9.17, 15) is 4.79 Å². The molecule has 3 aromatic rings. The number of nitrogens with zero attached hydrogens (tertiary/aromatic N) is 2. The van der Waals surface area contributed by atoms with E-state index in [0.717, 1.165) is 27.6 Å². The summed E-state index contributed by atoms with van der Waals surface area (Å²) in [7, 11) is 0. The molecule has 0 saturated carbocycles. The molecule has 6 rings (SSSR count). The predicted molar refractivity (Wildman–Crippen MR) is 108 cm³/mol. The van der Waals surface area contributed by atoms with Crippen molar-refractivity contribution in [2.45, 2.75) is 18.4 Å². The summed E-state index contributed by atoms with van der Waals surface area (Å²) in [5, 5.41) is 0.806. The van der Waals surface area contributed by atoms with Crippen molar-refractivity contribution >= 4 is 34.5 Å². The summed E-state index contributed by atoms with van der Waals surface area (Å²) >= 11 is 7.42. The number of benzene rings is 2. The number of anilines is 1. The molecule has 0 aliphatic carbocycles. The van der Waals surface area contributed by atoms with Gasteiger partial charge in [-0.2, -0.15) is 0 Å². The molecule has 4 heterocycles. The fourth-order valence-corrected chi connectivity index (χ4v) is 5.38. The lowest BCUT2D eigenvalue weighted by molar-refractivity contribution is -0.120. The fourth-order valence-electron chi connectivity index (χ4n) is 4.43. The zero-order valence-electron chi connectivity index (χ0n) is 15.2. The van der Waals surface area contributed by atoms with Gasteiger partial charge in [-0.1, -0.05) is 29.8 Å². The highest BCUT2D eigenvalue weighted by Gasteiger charge is 2.50. The smallest absolute Gasteiger partial charge is 0.231 e. The zero-order chi connectivity index (χ0) is 19.6. The molecule has 1 atom stereocenters. The molecule has 146 valence electrons. The normalized spacial score (nSPS) is 21.3. The van der Waals surface area contributed by atoms with Crippen molar-refractivity contribution < 1.29 is 19.0 Å². The number of amides is 1. The van der Waals surface area contributed by atoms with Crippen LogP contribution >= 0.6 is 22.9 Å². The SMILES string of the molecule is O=C1CC2(COc3cc4c(cc32)OCO4)c2ccccc2N1Cc1ncc(Cl)s1. The van der Waals surface area contributed by atoms with Crippen molar-refractivity contribution in [2.24, 2.45) is 0 Å². The lowest BCUT2D eigenvalue weighted by Gasteiger charge is -2.39. The number of para-hydroxylation sites is 1. The lowest BCUT2D eigenvalue weighted by Crippen LogP contribution is -2.45. The van der Waals surface area contributed by atoms with Gasteiger partial charge in [0.05, 0.1) is 18.2 Å². The molecule has 0 saturated heterocycles.